The van der Waals surface area contributed by atoms with Crippen molar-refractivity contribution in [2.45, 2.75) is 19.4 Å². The zero-order valence-corrected chi connectivity index (χ0v) is 12.6. The molecule has 0 saturated carbocycles. The van der Waals surface area contributed by atoms with Crippen LogP contribution in [0.4, 0.5) is 4.79 Å². The summed E-state index contributed by atoms with van der Waals surface area (Å²) >= 11 is 0. The van der Waals surface area contributed by atoms with Gasteiger partial charge in [-0.25, -0.2) is 4.79 Å². The number of hydrogen-bond donors (Lipinski definition) is 3. The van der Waals surface area contributed by atoms with Gasteiger partial charge in [0.25, 0.3) is 0 Å². The maximum atomic E-state index is 11.9. The summed E-state index contributed by atoms with van der Waals surface area (Å²) < 4.78 is 0. The Hall–Kier alpha value is -2.40. The third kappa shape index (κ3) is 4.86. The molecule has 0 unspecified atom stereocenters. The maximum absolute atomic E-state index is 11.9. The molecule has 0 fully saturated rings. The molecule has 0 aliphatic carbocycles. The molecule has 2 rings (SSSR count). The minimum atomic E-state index is -0.401. The van der Waals surface area contributed by atoms with E-state index in [1.165, 1.54) is 0 Å². The molecule has 2 amide bonds. The Morgan fingerprint density at radius 3 is 2.64 bits per heavy atom. The molecule has 116 valence electrons. The monoisotopic (exact) mass is 299 g/mol. The van der Waals surface area contributed by atoms with Crippen LogP contribution in [0, 0.1) is 6.92 Å². The number of urea groups is 1. The normalized spacial score (nSPS) is 11.7. The van der Waals surface area contributed by atoms with Gasteiger partial charge in [0.15, 0.2) is 0 Å². The zero-order valence-electron chi connectivity index (χ0n) is 12.6. The summed E-state index contributed by atoms with van der Waals surface area (Å²) in [7, 11) is 0. The lowest BCUT2D eigenvalue weighted by Crippen LogP contribution is -2.40. The van der Waals surface area contributed by atoms with Gasteiger partial charge < -0.3 is 15.7 Å². The average molecular weight is 299 g/mol. The van der Waals surface area contributed by atoms with Crippen LogP contribution in [0.1, 0.15) is 22.9 Å². The van der Waals surface area contributed by atoms with E-state index in [1.807, 2.05) is 55.6 Å². The summed E-state index contributed by atoms with van der Waals surface area (Å²) in [6, 6.07) is 12.7. The number of carbonyl (C=O) groups is 1. The number of nitrogens with one attached hydrogen (secondary N) is 2. The second-order valence-corrected chi connectivity index (χ2v) is 5.10. The molecule has 0 saturated heterocycles. The van der Waals surface area contributed by atoms with Gasteiger partial charge in [-0.1, -0.05) is 36.4 Å². The minimum Gasteiger partial charge on any atom is -0.394 e. The fraction of sp³-hybridized carbons (Fsp3) is 0.294. The van der Waals surface area contributed by atoms with Crippen molar-refractivity contribution < 1.29 is 9.90 Å². The molecule has 1 heterocycles. The molecule has 1 atom stereocenters. The number of amides is 2. The average Bonchev–Trinajstić information content (AvgIpc) is 2.55. The van der Waals surface area contributed by atoms with Gasteiger partial charge in [-0.3, -0.25) is 4.98 Å². The fourth-order valence-electron chi connectivity index (χ4n) is 2.10. The number of aromatic nitrogens is 1. The SMILES string of the molecule is Cc1ccc(CCNC(=O)N[C@H](CO)c2ccccc2)cn1. The largest absolute Gasteiger partial charge is 0.394 e. The van der Waals surface area contributed by atoms with Crippen molar-refractivity contribution in [3.63, 3.8) is 0 Å². The predicted molar refractivity (Wildman–Crippen MR) is 85.5 cm³/mol. The third-order valence-corrected chi connectivity index (χ3v) is 3.36. The van der Waals surface area contributed by atoms with Crippen LogP contribution in [0.5, 0.6) is 0 Å². The number of pyridine rings is 1. The molecule has 2 aromatic rings. The van der Waals surface area contributed by atoms with Gasteiger partial charge >= 0.3 is 6.03 Å². The van der Waals surface area contributed by atoms with Crippen molar-refractivity contribution >= 4 is 6.03 Å². The Morgan fingerprint density at radius 1 is 1.23 bits per heavy atom. The number of benzene rings is 1. The molecule has 1 aromatic heterocycles. The standard InChI is InChI=1S/C17H21N3O2/c1-13-7-8-14(11-19-13)9-10-18-17(22)20-16(12-21)15-5-3-2-4-6-15/h2-8,11,16,21H,9-10,12H2,1H3,(H2,18,20,22)/t16-/m1/s1. The van der Waals surface area contributed by atoms with Gasteiger partial charge in [0.05, 0.1) is 12.6 Å². The van der Waals surface area contributed by atoms with Gasteiger partial charge in [-0.2, -0.15) is 0 Å². The molecular formula is C17H21N3O2. The molecule has 1 aromatic carbocycles. The summed E-state index contributed by atoms with van der Waals surface area (Å²) in [5, 5.41) is 15.0. The van der Waals surface area contributed by atoms with E-state index >= 15 is 0 Å². The molecular weight excluding hydrogens is 278 g/mol. The van der Waals surface area contributed by atoms with Crippen molar-refractivity contribution in [1.29, 1.82) is 0 Å². The summed E-state index contributed by atoms with van der Waals surface area (Å²) in [4.78, 5) is 16.1. The van der Waals surface area contributed by atoms with Gasteiger partial charge in [0.1, 0.15) is 0 Å². The highest BCUT2D eigenvalue weighted by molar-refractivity contribution is 5.74. The molecule has 0 aliphatic rings. The van der Waals surface area contributed by atoms with E-state index in [0.717, 1.165) is 23.2 Å². The van der Waals surface area contributed by atoms with E-state index in [-0.39, 0.29) is 12.6 Å². The number of aliphatic hydroxyl groups excluding tert-OH is 1. The predicted octanol–water partition coefficient (Wildman–Crippen LogP) is 1.97. The van der Waals surface area contributed by atoms with Crippen LogP contribution < -0.4 is 10.6 Å². The number of rotatable bonds is 6. The molecule has 0 spiro atoms. The number of aliphatic hydroxyl groups is 1. The van der Waals surface area contributed by atoms with Crippen molar-refractivity contribution in [3.8, 4) is 0 Å². The van der Waals surface area contributed by atoms with E-state index < -0.39 is 6.04 Å². The molecule has 0 bridgehead atoms. The first-order chi connectivity index (χ1) is 10.7. The van der Waals surface area contributed by atoms with Crippen LogP contribution in [0.25, 0.3) is 0 Å². The Balaban J connectivity index is 1.78. The second kappa shape index (κ2) is 8.14. The van der Waals surface area contributed by atoms with E-state index in [4.69, 9.17) is 0 Å². The summed E-state index contributed by atoms with van der Waals surface area (Å²) in [6.45, 7) is 2.32. The van der Waals surface area contributed by atoms with Gasteiger partial charge in [-0.15, -0.1) is 0 Å². The van der Waals surface area contributed by atoms with Crippen molar-refractivity contribution in [2.75, 3.05) is 13.2 Å². The van der Waals surface area contributed by atoms with Crippen molar-refractivity contribution in [1.82, 2.24) is 15.6 Å². The third-order valence-electron chi connectivity index (χ3n) is 3.36. The minimum absolute atomic E-state index is 0.140. The summed E-state index contributed by atoms with van der Waals surface area (Å²) in [5.41, 5.74) is 2.93. The van der Waals surface area contributed by atoms with Crippen LogP contribution in [-0.4, -0.2) is 29.3 Å². The molecule has 22 heavy (non-hydrogen) atoms. The van der Waals surface area contributed by atoms with Crippen LogP contribution in [-0.2, 0) is 6.42 Å². The number of carbonyl (C=O) groups excluding carboxylic acids is 1. The summed E-state index contributed by atoms with van der Waals surface area (Å²) in [6.07, 6.45) is 2.53. The highest BCUT2D eigenvalue weighted by Crippen LogP contribution is 2.11. The first kappa shape index (κ1) is 16.0. The van der Waals surface area contributed by atoms with E-state index in [1.54, 1.807) is 0 Å². The Labute approximate surface area is 130 Å². The van der Waals surface area contributed by atoms with E-state index in [9.17, 15) is 9.90 Å². The number of nitrogens with zero attached hydrogens (tertiary/aromatic N) is 1. The second-order valence-electron chi connectivity index (χ2n) is 5.10. The highest BCUT2D eigenvalue weighted by atomic mass is 16.3. The van der Waals surface area contributed by atoms with E-state index in [2.05, 4.69) is 15.6 Å². The lowest BCUT2D eigenvalue weighted by atomic mass is 10.1. The summed E-state index contributed by atoms with van der Waals surface area (Å²) in [5.74, 6) is 0. The zero-order chi connectivity index (χ0) is 15.8. The van der Waals surface area contributed by atoms with Crippen LogP contribution in [0.2, 0.25) is 0 Å². The first-order valence-electron chi connectivity index (χ1n) is 7.30. The van der Waals surface area contributed by atoms with Crippen molar-refractivity contribution in [2.24, 2.45) is 0 Å². The Bertz CT molecular complexity index is 585. The molecule has 0 aliphatic heterocycles. The van der Waals surface area contributed by atoms with Crippen LogP contribution in [0.15, 0.2) is 48.7 Å². The number of aryl methyl sites for hydroxylation is 1. The lowest BCUT2D eigenvalue weighted by Gasteiger charge is -2.17. The molecule has 0 radical (unpaired) electrons. The Kier molecular flexibility index (Phi) is 5.91. The molecule has 3 N–H and O–H groups in total. The molecule has 5 heteroatoms. The lowest BCUT2D eigenvalue weighted by molar-refractivity contribution is 0.217. The van der Waals surface area contributed by atoms with Gasteiger partial charge in [-0.05, 0) is 30.5 Å². The topological polar surface area (TPSA) is 74.2 Å². The van der Waals surface area contributed by atoms with Crippen LogP contribution >= 0.6 is 0 Å². The number of hydrogen-bond acceptors (Lipinski definition) is 3. The Morgan fingerprint density at radius 2 is 2.00 bits per heavy atom. The first-order valence-corrected chi connectivity index (χ1v) is 7.30. The van der Waals surface area contributed by atoms with Gasteiger partial charge in [0.2, 0.25) is 0 Å². The van der Waals surface area contributed by atoms with Gasteiger partial charge in [0, 0.05) is 18.4 Å². The quantitative estimate of drug-likeness (QED) is 0.763. The molecule has 5 nitrogen and oxygen atoms in total. The fourth-order valence-corrected chi connectivity index (χ4v) is 2.10. The van der Waals surface area contributed by atoms with Crippen LogP contribution in [0.3, 0.4) is 0 Å². The smallest absolute Gasteiger partial charge is 0.315 e. The van der Waals surface area contributed by atoms with E-state index in [0.29, 0.717) is 6.54 Å². The maximum Gasteiger partial charge on any atom is 0.315 e. The van der Waals surface area contributed by atoms with Crippen molar-refractivity contribution in [3.05, 3.63) is 65.5 Å². The highest BCUT2D eigenvalue weighted by Gasteiger charge is 2.12.